The van der Waals surface area contributed by atoms with Crippen LogP contribution in [0.5, 0.6) is 0 Å². The Balaban J connectivity index is 0.000000117. The summed E-state index contributed by atoms with van der Waals surface area (Å²) in [6, 6.07) is 16.9. The third-order valence-electron chi connectivity index (χ3n) is 3.48. The van der Waals surface area contributed by atoms with Gasteiger partial charge in [-0.25, -0.2) is 0 Å². The SMILES string of the molecule is c1ccc2c(c1)CCNC2.c1ccc2c[nH]cc2c1. The molecule has 4 rings (SSSR count). The fraction of sp³-hybridized carbons (Fsp3) is 0.176. The van der Waals surface area contributed by atoms with Crippen LogP contribution in [-0.2, 0) is 13.0 Å². The van der Waals surface area contributed by atoms with Gasteiger partial charge in [-0.05, 0) is 34.9 Å². The van der Waals surface area contributed by atoms with Gasteiger partial charge >= 0.3 is 0 Å². The highest BCUT2D eigenvalue weighted by Crippen LogP contribution is 2.12. The zero-order valence-corrected chi connectivity index (χ0v) is 10.9. The van der Waals surface area contributed by atoms with Gasteiger partial charge in [0.05, 0.1) is 0 Å². The van der Waals surface area contributed by atoms with Crippen molar-refractivity contribution < 1.29 is 0 Å². The van der Waals surface area contributed by atoms with Crippen LogP contribution < -0.4 is 5.32 Å². The minimum absolute atomic E-state index is 1.05. The zero-order valence-electron chi connectivity index (χ0n) is 10.9. The lowest BCUT2D eigenvalue weighted by molar-refractivity contribution is 0.644. The molecule has 1 aliphatic rings. The Morgan fingerprint density at radius 2 is 1.37 bits per heavy atom. The van der Waals surface area contributed by atoms with E-state index in [1.165, 1.54) is 28.3 Å². The summed E-state index contributed by atoms with van der Waals surface area (Å²) >= 11 is 0. The first kappa shape index (κ1) is 12.0. The fourth-order valence-corrected chi connectivity index (χ4v) is 2.41. The monoisotopic (exact) mass is 250 g/mol. The molecule has 1 aliphatic heterocycles. The molecule has 0 spiro atoms. The molecule has 0 fully saturated rings. The summed E-state index contributed by atoms with van der Waals surface area (Å²) in [6.07, 6.45) is 5.18. The van der Waals surface area contributed by atoms with Gasteiger partial charge in [-0.3, -0.25) is 0 Å². The average molecular weight is 250 g/mol. The number of hydrogen-bond acceptors (Lipinski definition) is 1. The second kappa shape index (κ2) is 5.72. The van der Waals surface area contributed by atoms with Gasteiger partial charge in [0.2, 0.25) is 0 Å². The molecule has 2 aromatic carbocycles. The second-order valence-corrected chi connectivity index (χ2v) is 4.78. The van der Waals surface area contributed by atoms with Crippen molar-refractivity contribution in [2.75, 3.05) is 6.54 Å². The number of hydrogen-bond donors (Lipinski definition) is 2. The molecule has 0 atom stereocenters. The van der Waals surface area contributed by atoms with Gasteiger partial charge in [0, 0.05) is 18.9 Å². The van der Waals surface area contributed by atoms with Crippen LogP contribution in [0.15, 0.2) is 60.9 Å². The summed E-state index contributed by atoms with van der Waals surface area (Å²) in [5.74, 6) is 0. The van der Waals surface area contributed by atoms with Gasteiger partial charge in [-0.15, -0.1) is 0 Å². The molecule has 2 heteroatoms. The molecule has 0 radical (unpaired) electrons. The van der Waals surface area contributed by atoms with Crippen LogP contribution in [0.25, 0.3) is 10.8 Å². The fourth-order valence-electron chi connectivity index (χ4n) is 2.41. The van der Waals surface area contributed by atoms with E-state index in [1.807, 2.05) is 24.5 Å². The van der Waals surface area contributed by atoms with Crippen LogP contribution in [0.3, 0.4) is 0 Å². The highest BCUT2D eigenvalue weighted by atomic mass is 14.9. The standard InChI is InChI=1S/C9H11N.C8H7N/c1-2-4-9-7-10-6-5-8(9)3-1;1-2-4-8-6-9-5-7(8)3-1/h1-4,10H,5-7H2;1-6,9H. The van der Waals surface area contributed by atoms with Gasteiger partial charge < -0.3 is 10.3 Å². The number of H-pyrrole nitrogens is 1. The second-order valence-electron chi connectivity index (χ2n) is 4.78. The van der Waals surface area contributed by atoms with Crippen LogP contribution >= 0.6 is 0 Å². The molecular weight excluding hydrogens is 232 g/mol. The molecule has 2 heterocycles. The van der Waals surface area contributed by atoms with Crippen LogP contribution in [0.4, 0.5) is 0 Å². The largest absolute Gasteiger partial charge is 0.366 e. The summed E-state index contributed by atoms with van der Waals surface area (Å²) in [6.45, 7) is 2.19. The molecule has 0 saturated heterocycles. The number of aromatic amines is 1. The quantitative estimate of drug-likeness (QED) is 0.628. The number of aromatic nitrogens is 1. The van der Waals surface area contributed by atoms with E-state index in [1.54, 1.807) is 0 Å². The van der Waals surface area contributed by atoms with E-state index in [-0.39, 0.29) is 0 Å². The Bertz CT molecular complexity index is 600. The van der Waals surface area contributed by atoms with E-state index in [0.717, 1.165) is 13.1 Å². The van der Waals surface area contributed by atoms with Gasteiger partial charge in [0.25, 0.3) is 0 Å². The molecule has 2 N–H and O–H groups in total. The van der Waals surface area contributed by atoms with Crippen molar-refractivity contribution in [2.24, 2.45) is 0 Å². The molecule has 0 aliphatic carbocycles. The van der Waals surface area contributed by atoms with E-state index in [2.05, 4.69) is 46.7 Å². The zero-order chi connectivity index (χ0) is 12.9. The normalized spacial score (nSPS) is 13.5. The van der Waals surface area contributed by atoms with Crippen LogP contribution in [0, 0.1) is 0 Å². The Morgan fingerprint density at radius 3 is 2.05 bits per heavy atom. The van der Waals surface area contributed by atoms with Crippen molar-refractivity contribution in [2.45, 2.75) is 13.0 Å². The van der Waals surface area contributed by atoms with Crippen molar-refractivity contribution in [1.82, 2.24) is 10.3 Å². The molecule has 1 aromatic heterocycles. The minimum atomic E-state index is 1.05. The lowest BCUT2D eigenvalue weighted by Crippen LogP contribution is -2.23. The summed E-state index contributed by atoms with van der Waals surface area (Å²) in [7, 11) is 0. The minimum Gasteiger partial charge on any atom is -0.366 e. The van der Waals surface area contributed by atoms with E-state index < -0.39 is 0 Å². The van der Waals surface area contributed by atoms with Gasteiger partial charge in [-0.2, -0.15) is 0 Å². The number of rotatable bonds is 0. The molecule has 3 aromatic rings. The smallest absolute Gasteiger partial charge is 0.0208 e. The van der Waals surface area contributed by atoms with Gasteiger partial charge in [0.1, 0.15) is 0 Å². The van der Waals surface area contributed by atoms with Gasteiger partial charge in [-0.1, -0.05) is 48.5 Å². The molecule has 0 bridgehead atoms. The maximum atomic E-state index is 3.34. The highest BCUT2D eigenvalue weighted by molar-refractivity contribution is 5.81. The number of nitrogens with one attached hydrogen (secondary N) is 2. The predicted molar refractivity (Wildman–Crippen MR) is 80.2 cm³/mol. The molecular formula is C17H18N2. The van der Waals surface area contributed by atoms with Crippen molar-refractivity contribution in [3.8, 4) is 0 Å². The Kier molecular flexibility index (Phi) is 3.61. The molecule has 96 valence electrons. The first-order chi connectivity index (χ1) is 9.43. The van der Waals surface area contributed by atoms with Crippen LogP contribution in [-0.4, -0.2) is 11.5 Å². The molecule has 19 heavy (non-hydrogen) atoms. The number of benzene rings is 2. The average Bonchev–Trinajstić information content (AvgIpc) is 2.96. The van der Waals surface area contributed by atoms with E-state index in [4.69, 9.17) is 0 Å². The predicted octanol–water partition coefficient (Wildman–Crippen LogP) is 3.50. The lowest BCUT2D eigenvalue weighted by Gasteiger charge is -2.15. The first-order valence-electron chi connectivity index (χ1n) is 6.72. The molecule has 0 saturated carbocycles. The van der Waals surface area contributed by atoms with Crippen LogP contribution in [0.1, 0.15) is 11.1 Å². The highest BCUT2D eigenvalue weighted by Gasteiger charge is 2.05. The van der Waals surface area contributed by atoms with Crippen molar-refractivity contribution in [3.63, 3.8) is 0 Å². The Morgan fingerprint density at radius 1 is 0.737 bits per heavy atom. The first-order valence-corrected chi connectivity index (χ1v) is 6.72. The maximum absolute atomic E-state index is 3.34. The summed E-state index contributed by atoms with van der Waals surface area (Å²) < 4.78 is 0. The lowest BCUT2D eigenvalue weighted by atomic mass is 10.0. The van der Waals surface area contributed by atoms with Crippen molar-refractivity contribution in [3.05, 3.63) is 72.1 Å². The summed E-state index contributed by atoms with van der Waals surface area (Å²) in [4.78, 5) is 3.04. The third-order valence-corrected chi connectivity index (χ3v) is 3.48. The van der Waals surface area contributed by atoms with Crippen molar-refractivity contribution in [1.29, 1.82) is 0 Å². The third kappa shape index (κ3) is 2.85. The number of fused-ring (bicyclic) bond motifs is 2. The topological polar surface area (TPSA) is 27.8 Å². The summed E-state index contributed by atoms with van der Waals surface area (Å²) in [5, 5.41) is 5.89. The van der Waals surface area contributed by atoms with Gasteiger partial charge in [0.15, 0.2) is 0 Å². The van der Waals surface area contributed by atoms with E-state index in [9.17, 15) is 0 Å². The maximum Gasteiger partial charge on any atom is 0.0208 e. The van der Waals surface area contributed by atoms with E-state index >= 15 is 0 Å². The summed E-state index contributed by atoms with van der Waals surface area (Å²) in [5.41, 5.74) is 2.98. The van der Waals surface area contributed by atoms with Crippen LogP contribution in [0.2, 0.25) is 0 Å². The Hall–Kier alpha value is -2.06. The van der Waals surface area contributed by atoms with E-state index in [0.29, 0.717) is 0 Å². The molecule has 0 unspecified atom stereocenters. The van der Waals surface area contributed by atoms with Crippen molar-refractivity contribution >= 4 is 10.8 Å². The molecule has 2 nitrogen and oxygen atoms in total. The molecule has 0 amide bonds. The Labute approximate surface area is 113 Å².